The van der Waals surface area contributed by atoms with Gasteiger partial charge in [0.1, 0.15) is 6.61 Å². The summed E-state index contributed by atoms with van der Waals surface area (Å²) >= 11 is 1.38. The molecule has 3 heterocycles. The normalized spacial score (nSPS) is 17.0. The van der Waals surface area contributed by atoms with Crippen LogP contribution in [0.5, 0.6) is 0 Å². The summed E-state index contributed by atoms with van der Waals surface area (Å²) in [6.45, 7) is 0.769. The Hall–Kier alpha value is -2.68. The molecule has 0 saturated carbocycles. The number of rotatable bonds is 4. The smallest absolute Gasteiger partial charge is 0.330 e. The Morgan fingerprint density at radius 2 is 2.04 bits per heavy atom. The van der Waals surface area contributed by atoms with E-state index in [1.54, 1.807) is 11.0 Å². The van der Waals surface area contributed by atoms with Crippen molar-refractivity contribution in [2.24, 2.45) is 20.0 Å². The molecule has 1 fully saturated rings. The predicted octanol–water partition coefficient (Wildman–Crippen LogP) is 0.741. The summed E-state index contributed by atoms with van der Waals surface area (Å²) in [6, 6.07) is 4.87. The van der Waals surface area contributed by atoms with E-state index in [0.717, 1.165) is 11.0 Å². The van der Waals surface area contributed by atoms with Gasteiger partial charge in [0.2, 0.25) is 0 Å². The third-order valence-corrected chi connectivity index (χ3v) is 5.62. The van der Waals surface area contributed by atoms with Crippen molar-refractivity contribution in [2.75, 3.05) is 13.1 Å². The number of hydrogen-bond acceptors (Lipinski definition) is 6. The average molecular weight is 391 g/mol. The largest absolute Gasteiger partial charge is 0.459 e. The lowest BCUT2D eigenvalue weighted by Crippen LogP contribution is -2.42. The number of likely N-dealkylation sites (tertiary alicyclic amines) is 1. The van der Waals surface area contributed by atoms with E-state index in [9.17, 15) is 19.2 Å². The second kappa shape index (κ2) is 7.91. The van der Waals surface area contributed by atoms with E-state index in [-0.39, 0.29) is 12.5 Å². The molecule has 1 aliphatic rings. The van der Waals surface area contributed by atoms with Gasteiger partial charge in [0.15, 0.2) is 0 Å². The van der Waals surface area contributed by atoms with Crippen LogP contribution in [-0.4, -0.2) is 39.0 Å². The first kappa shape index (κ1) is 19.1. The maximum Gasteiger partial charge on any atom is 0.330 e. The van der Waals surface area contributed by atoms with Crippen molar-refractivity contribution in [3.63, 3.8) is 0 Å². The molecule has 0 spiro atoms. The first-order valence-corrected chi connectivity index (χ1v) is 9.52. The summed E-state index contributed by atoms with van der Waals surface area (Å²) < 4.78 is 7.60. The summed E-state index contributed by atoms with van der Waals surface area (Å²) in [6.07, 6.45) is 1.36. The first-order valence-electron chi connectivity index (χ1n) is 8.64. The molecular formula is C18H21N3O5S. The molecule has 0 bridgehead atoms. The molecule has 8 nitrogen and oxygen atoms in total. The number of piperidine rings is 1. The van der Waals surface area contributed by atoms with Crippen molar-refractivity contribution < 1.29 is 14.3 Å². The minimum Gasteiger partial charge on any atom is -0.459 e. The number of carbonyl (C=O) groups excluding carboxylic acids is 2. The van der Waals surface area contributed by atoms with Crippen LogP contribution in [0, 0.1) is 5.92 Å². The minimum atomic E-state index is -0.473. The van der Waals surface area contributed by atoms with Gasteiger partial charge >= 0.3 is 11.7 Å². The molecule has 2 aromatic rings. The van der Waals surface area contributed by atoms with E-state index in [2.05, 4.69) is 0 Å². The van der Waals surface area contributed by atoms with Gasteiger partial charge in [0.25, 0.3) is 11.5 Å². The molecule has 144 valence electrons. The third-order valence-electron chi connectivity index (χ3n) is 4.76. The van der Waals surface area contributed by atoms with Gasteiger partial charge in [0.05, 0.1) is 16.5 Å². The zero-order chi connectivity index (χ0) is 19.6. The first-order chi connectivity index (χ1) is 12.9. The Kier molecular flexibility index (Phi) is 5.59. The lowest BCUT2D eigenvalue weighted by molar-refractivity contribution is -0.151. The molecule has 0 aromatic carbocycles. The monoisotopic (exact) mass is 391 g/mol. The van der Waals surface area contributed by atoms with E-state index >= 15 is 0 Å². The highest BCUT2D eigenvalue weighted by Gasteiger charge is 2.30. The molecule has 0 aliphatic carbocycles. The standard InChI is InChI=1S/C18H21N3O5S/c1-19-13(9-15(22)20(2)18(19)25)11-26-17(24)12-5-3-7-21(10-12)16(23)14-6-4-8-27-14/h4,6,8-9,12H,3,5,7,10-11H2,1-2H3. The number of aromatic nitrogens is 2. The lowest BCUT2D eigenvalue weighted by Gasteiger charge is -2.31. The Labute approximate surface area is 159 Å². The Balaban J connectivity index is 1.64. The zero-order valence-electron chi connectivity index (χ0n) is 15.2. The quantitative estimate of drug-likeness (QED) is 0.717. The maximum atomic E-state index is 12.5. The fourth-order valence-corrected chi connectivity index (χ4v) is 3.78. The molecule has 1 saturated heterocycles. The van der Waals surface area contributed by atoms with Gasteiger partial charge in [-0.3, -0.25) is 23.5 Å². The molecular weight excluding hydrogens is 370 g/mol. The molecule has 1 amide bonds. The van der Waals surface area contributed by atoms with E-state index in [1.165, 1.54) is 36.1 Å². The number of thiophene rings is 1. The number of hydrogen-bond donors (Lipinski definition) is 0. The van der Waals surface area contributed by atoms with Crippen molar-refractivity contribution >= 4 is 23.2 Å². The fraction of sp³-hybridized carbons (Fsp3) is 0.444. The summed E-state index contributed by atoms with van der Waals surface area (Å²) in [5, 5.41) is 1.84. The van der Waals surface area contributed by atoms with E-state index in [0.29, 0.717) is 30.1 Å². The summed E-state index contributed by atoms with van der Waals surface area (Å²) in [5.41, 5.74) is -0.591. The van der Waals surface area contributed by atoms with E-state index in [1.807, 2.05) is 11.4 Å². The second-order valence-corrected chi connectivity index (χ2v) is 7.50. The van der Waals surface area contributed by atoms with Gasteiger partial charge in [-0.05, 0) is 24.3 Å². The van der Waals surface area contributed by atoms with Gasteiger partial charge in [-0.1, -0.05) is 6.07 Å². The van der Waals surface area contributed by atoms with Crippen LogP contribution >= 0.6 is 11.3 Å². The van der Waals surface area contributed by atoms with Crippen LogP contribution in [0.3, 0.4) is 0 Å². The zero-order valence-corrected chi connectivity index (χ0v) is 16.0. The number of carbonyl (C=O) groups is 2. The summed E-state index contributed by atoms with van der Waals surface area (Å²) in [7, 11) is 2.91. The van der Waals surface area contributed by atoms with Crippen molar-refractivity contribution in [3.8, 4) is 0 Å². The van der Waals surface area contributed by atoms with Gasteiger partial charge in [-0.25, -0.2) is 4.79 Å². The molecule has 1 aliphatic heterocycles. The highest BCUT2D eigenvalue weighted by molar-refractivity contribution is 7.12. The van der Waals surface area contributed by atoms with Crippen LogP contribution < -0.4 is 11.2 Å². The van der Waals surface area contributed by atoms with Crippen LogP contribution in [0.1, 0.15) is 28.2 Å². The highest BCUT2D eigenvalue weighted by Crippen LogP contribution is 2.21. The Morgan fingerprint density at radius 3 is 2.74 bits per heavy atom. The van der Waals surface area contributed by atoms with Crippen molar-refractivity contribution in [1.82, 2.24) is 14.0 Å². The molecule has 0 N–H and O–H groups in total. The van der Waals surface area contributed by atoms with Gasteiger partial charge < -0.3 is 9.64 Å². The third kappa shape index (κ3) is 4.02. The highest BCUT2D eigenvalue weighted by atomic mass is 32.1. The van der Waals surface area contributed by atoms with Crippen LogP contribution in [0.2, 0.25) is 0 Å². The van der Waals surface area contributed by atoms with Crippen LogP contribution in [0.25, 0.3) is 0 Å². The predicted molar refractivity (Wildman–Crippen MR) is 99.7 cm³/mol. The number of amides is 1. The number of ether oxygens (including phenoxy) is 1. The van der Waals surface area contributed by atoms with Gasteiger partial charge in [-0.2, -0.15) is 0 Å². The Bertz CT molecular complexity index is 960. The fourth-order valence-electron chi connectivity index (χ4n) is 3.09. The number of esters is 1. The lowest BCUT2D eigenvalue weighted by atomic mass is 9.98. The molecule has 9 heteroatoms. The maximum absolute atomic E-state index is 12.5. The van der Waals surface area contributed by atoms with Crippen LogP contribution in [-0.2, 0) is 30.2 Å². The Morgan fingerprint density at radius 1 is 1.26 bits per heavy atom. The molecule has 2 aromatic heterocycles. The van der Waals surface area contributed by atoms with Crippen LogP contribution in [0.4, 0.5) is 0 Å². The average Bonchev–Trinajstić information content (AvgIpc) is 3.22. The number of nitrogens with zero attached hydrogens (tertiary/aromatic N) is 3. The van der Waals surface area contributed by atoms with Crippen molar-refractivity contribution in [2.45, 2.75) is 19.4 Å². The van der Waals surface area contributed by atoms with Crippen molar-refractivity contribution in [1.29, 1.82) is 0 Å². The minimum absolute atomic E-state index is 0.0727. The molecule has 1 atom stereocenters. The van der Waals surface area contributed by atoms with E-state index < -0.39 is 23.1 Å². The SMILES string of the molecule is Cn1c(COC(=O)C2CCCN(C(=O)c3cccs3)C2)cc(=O)n(C)c1=O. The van der Waals surface area contributed by atoms with Crippen LogP contribution in [0.15, 0.2) is 33.2 Å². The topological polar surface area (TPSA) is 90.6 Å². The molecule has 3 rings (SSSR count). The van der Waals surface area contributed by atoms with Gasteiger partial charge in [0, 0.05) is 33.3 Å². The second-order valence-electron chi connectivity index (χ2n) is 6.55. The molecule has 27 heavy (non-hydrogen) atoms. The van der Waals surface area contributed by atoms with E-state index in [4.69, 9.17) is 4.74 Å². The molecule has 1 unspecified atom stereocenters. The molecule has 0 radical (unpaired) electrons. The van der Waals surface area contributed by atoms with Gasteiger partial charge in [-0.15, -0.1) is 11.3 Å². The summed E-state index contributed by atoms with van der Waals surface area (Å²) in [4.78, 5) is 50.9. The summed E-state index contributed by atoms with van der Waals surface area (Å²) in [5.74, 6) is -0.908. The van der Waals surface area contributed by atoms with Crippen molar-refractivity contribution in [3.05, 3.63) is 55.0 Å².